The minimum atomic E-state index is -0.952. The van der Waals surface area contributed by atoms with Gasteiger partial charge in [-0.3, -0.25) is 0 Å². The van der Waals surface area contributed by atoms with Crippen LogP contribution >= 0.6 is 0 Å². The van der Waals surface area contributed by atoms with Gasteiger partial charge >= 0.3 is 12.1 Å². The van der Waals surface area contributed by atoms with Gasteiger partial charge in [0.1, 0.15) is 12.7 Å². The standard InChI is InChI=1S/C7H7FN6O/c1-2-5-11-6(8)14(12-5)7(15)13-4-9-3-10-13/h3-4H,2H2,1H3. The lowest BCUT2D eigenvalue weighted by molar-refractivity contribution is 0.233. The Labute approximate surface area is 83.6 Å². The van der Waals surface area contributed by atoms with E-state index in [0.717, 1.165) is 11.0 Å². The molecule has 0 N–H and O–H groups in total. The second-order valence-electron chi connectivity index (χ2n) is 2.69. The maximum absolute atomic E-state index is 13.1. The van der Waals surface area contributed by atoms with Crippen molar-refractivity contribution in [3.8, 4) is 0 Å². The molecule has 0 atom stereocenters. The van der Waals surface area contributed by atoms with E-state index in [0.29, 0.717) is 11.1 Å². The van der Waals surface area contributed by atoms with Gasteiger partial charge in [-0.05, 0) is 0 Å². The minimum absolute atomic E-state index is 0.265. The van der Waals surface area contributed by atoms with Crippen LogP contribution in [-0.2, 0) is 6.42 Å². The topological polar surface area (TPSA) is 78.5 Å². The Morgan fingerprint density at radius 1 is 1.60 bits per heavy atom. The van der Waals surface area contributed by atoms with E-state index in [2.05, 4.69) is 20.2 Å². The van der Waals surface area contributed by atoms with E-state index in [-0.39, 0.29) is 5.82 Å². The summed E-state index contributed by atoms with van der Waals surface area (Å²) in [6.07, 6.45) is 1.84. The lowest BCUT2D eigenvalue weighted by atomic mass is 10.5. The van der Waals surface area contributed by atoms with Crippen LogP contribution in [0.15, 0.2) is 12.7 Å². The Kier molecular flexibility index (Phi) is 2.24. The summed E-state index contributed by atoms with van der Waals surface area (Å²) in [5.41, 5.74) is 0. The number of nitrogens with zero attached hydrogens (tertiary/aromatic N) is 6. The molecule has 2 rings (SSSR count). The highest BCUT2D eigenvalue weighted by Gasteiger charge is 2.16. The first-order valence-corrected chi connectivity index (χ1v) is 4.23. The molecule has 2 aromatic rings. The molecule has 8 heteroatoms. The number of carbonyl (C=O) groups is 1. The van der Waals surface area contributed by atoms with Crippen LogP contribution in [0.3, 0.4) is 0 Å². The molecule has 0 unspecified atom stereocenters. The molecular weight excluding hydrogens is 203 g/mol. The average molecular weight is 210 g/mol. The zero-order valence-electron chi connectivity index (χ0n) is 7.83. The maximum Gasteiger partial charge on any atom is 0.374 e. The van der Waals surface area contributed by atoms with Crippen LogP contribution in [0.1, 0.15) is 12.7 Å². The first-order valence-electron chi connectivity index (χ1n) is 4.23. The van der Waals surface area contributed by atoms with Crippen molar-refractivity contribution in [3.05, 3.63) is 24.6 Å². The minimum Gasteiger partial charge on any atom is -0.243 e. The summed E-state index contributed by atoms with van der Waals surface area (Å²) < 4.78 is 14.6. The lowest BCUT2D eigenvalue weighted by Crippen LogP contribution is -2.22. The Hall–Kier alpha value is -2.12. The highest BCUT2D eigenvalue weighted by molar-refractivity contribution is 5.76. The van der Waals surface area contributed by atoms with Gasteiger partial charge < -0.3 is 0 Å². The second kappa shape index (κ2) is 3.56. The largest absolute Gasteiger partial charge is 0.374 e. The summed E-state index contributed by atoms with van der Waals surface area (Å²) in [5.74, 6) is 0.265. The smallest absolute Gasteiger partial charge is 0.243 e. The van der Waals surface area contributed by atoms with Gasteiger partial charge in [-0.1, -0.05) is 6.92 Å². The van der Waals surface area contributed by atoms with Gasteiger partial charge in [0.05, 0.1) is 0 Å². The monoisotopic (exact) mass is 210 g/mol. The maximum atomic E-state index is 13.1. The van der Waals surface area contributed by atoms with Crippen molar-refractivity contribution in [3.63, 3.8) is 0 Å². The fourth-order valence-corrected chi connectivity index (χ4v) is 1.01. The second-order valence-corrected chi connectivity index (χ2v) is 2.69. The van der Waals surface area contributed by atoms with Crippen molar-refractivity contribution in [1.82, 2.24) is 29.5 Å². The predicted molar refractivity (Wildman–Crippen MR) is 45.6 cm³/mol. The van der Waals surface area contributed by atoms with Gasteiger partial charge in [-0.15, -0.1) is 9.78 Å². The predicted octanol–water partition coefficient (Wildman–Crippen LogP) is 0.0875. The molecule has 7 nitrogen and oxygen atoms in total. The van der Waals surface area contributed by atoms with Gasteiger partial charge in [0.15, 0.2) is 5.82 Å². The molecule has 0 aliphatic rings. The molecule has 0 aliphatic heterocycles. The van der Waals surface area contributed by atoms with Crippen molar-refractivity contribution >= 4 is 6.03 Å². The zero-order chi connectivity index (χ0) is 10.8. The van der Waals surface area contributed by atoms with Crippen molar-refractivity contribution in [2.24, 2.45) is 0 Å². The molecule has 0 radical (unpaired) electrons. The van der Waals surface area contributed by atoms with Crippen LogP contribution in [0.4, 0.5) is 9.18 Å². The number of hydrogen-bond donors (Lipinski definition) is 0. The van der Waals surface area contributed by atoms with Crippen molar-refractivity contribution < 1.29 is 9.18 Å². The van der Waals surface area contributed by atoms with Crippen molar-refractivity contribution in [2.45, 2.75) is 13.3 Å². The summed E-state index contributed by atoms with van der Waals surface area (Å²) in [5, 5.41) is 7.25. The summed E-state index contributed by atoms with van der Waals surface area (Å²) in [7, 11) is 0. The average Bonchev–Trinajstić information content (AvgIpc) is 2.85. The quantitative estimate of drug-likeness (QED) is 0.666. The summed E-state index contributed by atoms with van der Waals surface area (Å²) in [4.78, 5) is 18.6. The van der Waals surface area contributed by atoms with E-state index in [1.165, 1.54) is 6.33 Å². The van der Waals surface area contributed by atoms with Crippen molar-refractivity contribution in [1.29, 1.82) is 0 Å². The van der Waals surface area contributed by atoms with Crippen LogP contribution in [0.25, 0.3) is 0 Å². The molecule has 0 fully saturated rings. The van der Waals surface area contributed by atoms with E-state index in [9.17, 15) is 9.18 Å². The van der Waals surface area contributed by atoms with E-state index < -0.39 is 12.1 Å². The summed E-state index contributed by atoms with van der Waals surface area (Å²) in [6.45, 7) is 1.76. The molecule has 0 saturated heterocycles. The molecule has 78 valence electrons. The van der Waals surface area contributed by atoms with Crippen LogP contribution in [0, 0.1) is 6.08 Å². The first kappa shape index (κ1) is 9.44. The van der Waals surface area contributed by atoms with Gasteiger partial charge in [-0.25, -0.2) is 9.78 Å². The number of hydrogen-bond acceptors (Lipinski definition) is 5. The molecule has 0 aromatic carbocycles. The SMILES string of the molecule is CCc1nc(F)n(C(=O)n2cncn2)n1. The molecule has 0 amide bonds. The lowest BCUT2D eigenvalue weighted by Gasteiger charge is -1.96. The molecule has 0 spiro atoms. The van der Waals surface area contributed by atoms with Crippen LogP contribution < -0.4 is 0 Å². The molecule has 15 heavy (non-hydrogen) atoms. The third kappa shape index (κ3) is 1.60. The summed E-state index contributed by atoms with van der Waals surface area (Å²) >= 11 is 0. The fraction of sp³-hybridized carbons (Fsp3) is 0.286. The highest BCUT2D eigenvalue weighted by atomic mass is 19.1. The van der Waals surface area contributed by atoms with Gasteiger partial charge in [0.25, 0.3) is 0 Å². The number of carbonyl (C=O) groups excluding carboxylic acids is 1. The third-order valence-electron chi connectivity index (χ3n) is 1.72. The Balaban J connectivity index is 2.37. The Morgan fingerprint density at radius 2 is 2.40 bits per heavy atom. The normalized spacial score (nSPS) is 10.5. The van der Waals surface area contributed by atoms with Gasteiger partial charge in [0.2, 0.25) is 0 Å². The van der Waals surface area contributed by atoms with Crippen LogP contribution in [0.2, 0.25) is 0 Å². The van der Waals surface area contributed by atoms with Gasteiger partial charge in [-0.2, -0.15) is 19.2 Å². The molecular formula is C7H7FN6O. The number of halogens is 1. The molecule has 0 saturated carbocycles. The van der Waals surface area contributed by atoms with E-state index >= 15 is 0 Å². The molecule has 2 aromatic heterocycles. The van der Waals surface area contributed by atoms with Crippen LogP contribution in [-0.4, -0.2) is 35.6 Å². The van der Waals surface area contributed by atoms with E-state index in [4.69, 9.17) is 0 Å². The summed E-state index contributed by atoms with van der Waals surface area (Å²) in [6, 6.07) is -0.753. The van der Waals surface area contributed by atoms with Gasteiger partial charge in [0, 0.05) is 6.42 Å². The zero-order valence-corrected chi connectivity index (χ0v) is 7.83. The number of aromatic nitrogens is 6. The Morgan fingerprint density at radius 3 is 2.93 bits per heavy atom. The molecule has 2 heterocycles. The Bertz CT molecular complexity index is 476. The molecule has 0 aliphatic carbocycles. The number of aryl methyl sites for hydroxylation is 1. The third-order valence-corrected chi connectivity index (χ3v) is 1.72. The first-order chi connectivity index (χ1) is 7.22. The van der Waals surface area contributed by atoms with Crippen molar-refractivity contribution in [2.75, 3.05) is 0 Å². The number of rotatable bonds is 1. The van der Waals surface area contributed by atoms with E-state index in [1.807, 2.05) is 0 Å². The fourth-order valence-electron chi connectivity index (χ4n) is 1.01. The van der Waals surface area contributed by atoms with E-state index in [1.54, 1.807) is 6.92 Å². The molecule has 0 bridgehead atoms. The van der Waals surface area contributed by atoms with Crippen LogP contribution in [0.5, 0.6) is 0 Å². The highest BCUT2D eigenvalue weighted by Crippen LogP contribution is 1.98.